The Kier molecular flexibility index (Phi) is 11.8. The summed E-state index contributed by atoms with van der Waals surface area (Å²) in [6.07, 6.45) is -25.1. The predicted octanol–water partition coefficient (Wildman–Crippen LogP) is 8.99. The molecule has 17 heteroatoms. The lowest BCUT2D eigenvalue weighted by atomic mass is 10.1. The first-order chi connectivity index (χ1) is 15.4. The zero-order valence-electron chi connectivity index (χ0n) is 18.2. The van der Waals surface area contributed by atoms with Gasteiger partial charge in [0, 0.05) is 19.3 Å². The fourth-order valence-corrected chi connectivity index (χ4v) is 6.88. The second kappa shape index (κ2) is 12.1. The van der Waals surface area contributed by atoms with E-state index < -0.39 is 83.1 Å². The van der Waals surface area contributed by atoms with Crippen molar-refractivity contribution >= 4 is 8.24 Å². The smallest absolute Gasteiger partial charge is 0.351 e. The zero-order valence-corrected chi connectivity index (χ0v) is 19.2. The molecule has 0 fully saturated rings. The zero-order chi connectivity index (χ0) is 28.0. The van der Waals surface area contributed by atoms with Gasteiger partial charge >= 0.3 is 36.3 Å². The molecule has 0 saturated heterocycles. The molecule has 1 nitrogen and oxygen atoms in total. The Morgan fingerprint density at radius 1 is 0.371 bits per heavy atom. The van der Waals surface area contributed by atoms with Crippen LogP contribution in [0.25, 0.3) is 0 Å². The van der Waals surface area contributed by atoms with E-state index in [-0.39, 0.29) is 37.4 Å². The molecule has 35 heavy (non-hydrogen) atoms. The van der Waals surface area contributed by atoms with Gasteiger partial charge in [0.15, 0.2) is 0 Å². The van der Waals surface area contributed by atoms with Gasteiger partial charge in [0.2, 0.25) is 0 Å². The third-order valence-electron chi connectivity index (χ3n) is 5.49. The van der Waals surface area contributed by atoms with Gasteiger partial charge < -0.3 is 5.40 Å². The molecule has 0 spiro atoms. The van der Waals surface area contributed by atoms with Crippen LogP contribution in [0.15, 0.2) is 0 Å². The van der Waals surface area contributed by atoms with Gasteiger partial charge in [0.1, 0.15) is 8.24 Å². The van der Waals surface area contributed by atoms with Gasteiger partial charge in [-0.15, -0.1) is 0 Å². The van der Waals surface area contributed by atoms with E-state index in [1.807, 2.05) is 0 Å². The molecule has 0 amide bonds. The molecule has 0 unspecified atom stereocenters. The molecule has 0 aliphatic rings. The molecule has 0 bridgehead atoms. The highest BCUT2D eigenvalue weighted by atomic mass is 28.3. The van der Waals surface area contributed by atoms with E-state index in [0.717, 1.165) is 0 Å². The van der Waals surface area contributed by atoms with Crippen molar-refractivity contribution in [1.29, 1.82) is 0 Å². The molecule has 0 saturated carbocycles. The highest BCUT2D eigenvalue weighted by molar-refractivity contribution is 6.76. The van der Waals surface area contributed by atoms with Crippen LogP contribution in [0.4, 0.5) is 65.9 Å². The summed E-state index contributed by atoms with van der Waals surface area (Å²) in [5, 5.41) is 6.11. The Balaban J connectivity index is 4.97. The van der Waals surface area contributed by atoms with Crippen molar-refractivity contribution in [1.82, 2.24) is 0 Å². The molecule has 0 atom stereocenters. The van der Waals surface area contributed by atoms with Gasteiger partial charge in [-0.2, -0.15) is 65.9 Å². The number of halogens is 15. The number of alkyl halides is 15. The number of hydrogen-bond acceptors (Lipinski definition) is 1. The van der Waals surface area contributed by atoms with Crippen LogP contribution in [0.1, 0.15) is 57.8 Å². The first kappa shape index (κ1) is 34.1. The maximum Gasteiger partial charge on any atom is 0.453 e. The molecule has 0 rings (SSSR count). The highest BCUT2D eigenvalue weighted by Gasteiger charge is 2.58. The third kappa shape index (κ3) is 11.4. The fraction of sp³-hybridized carbons (Fsp3) is 1.00. The molecule has 0 aromatic rings. The second-order valence-corrected chi connectivity index (χ2v) is 12.8. The van der Waals surface area contributed by atoms with Crippen LogP contribution in [0.3, 0.4) is 0 Å². The quantitative estimate of drug-likeness (QED) is 0.119. The molecule has 212 valence electrons. The van der Waals surface area contributed by atoms with Crippen LogP contribution < -0.4 is 5.40 Å². The lowest BCUT2D eigenvalue weighted by Crippen LogP contribution is -2.45. The molecular formula is C18H26F15NSi. The van der Waals surface area contributed by atoms with Crippen molar-refractivity contribution in [2.75, 3.05) is 0 Å². The monoisotopic (exact) mass is 569 g/mol. The average Bonchev–Trinajstić information content (AvgIpc) is 2.63. The summed E-state index contributed by atoms with van der Waals surface area (Å²) >= 11 is 0. The van der Waals surface area contributed by atoms with Gasteiger partial charge in [-0.05, 0) is 37.4 Å². The van der Waals surface area contributed by atoms with Gasteiger partial charge in [0.05, 0.1) is 0 Å². The van der Waals surface area contributed by atoms with E-state index in [9.17, 15) is 65.9 Å². The van der Waals surface area contributed by atoms with Crippen molar-refractivity contribution in [3.63, 3.8) is 0 Å². The summed E-state index contributed by atoms with van der Waals surface area (Å²) in [4.78, 5) is 0. The Morgan fingerprint density at radius 3 is 0.743 bits per heavy atom. The van der Waals surface area contributed by atoms with Crippen LogP contribution >= 0.6 is 0 Å². The van der Waals surface area contributed by atoms with Gasteiger partial charge in [-0.3, -0.25) is 0 Å². The van der Waals surface area contributed by atoms with E-state index in [0.29, 0.717) is 0 Å². The van der Waals surface area contributed by atoms with Gasteiger partial charge in [-0.25, -0.2) is 0 Å². The fourth-order valence-electron chi connectivity index (χ4n) is 3.27. The Labute approximate surface area is 192 Å². The van der Waals surface area contributed by atoms with Crippen molar-refractivity contribution in [2.45, 2.75) is 112 Å². The van der Waals surface area contributed by atoms with Crippen molar-refractivity contribution in [3.8, 4) is 0 Å². The van der Waals surface area contributed by atoms with Gasteiger partial charge in [-0.1, -0.05) is 19.3 Å². The molecular weight excluding hydrogens is 543 g/mol. The second-order valence-electron chi connectivity index (χ2n) is 8.59. The lowest BCUT2D eigenvalue weighted by Gasteiger charge is -2.28. The summed E-state index contributed by atoms with van der Waals surface area (Å²) in [5.41, 5.74) is 0. The number of unbranched alkanes of at least 4 members (excludes halogenated alkanes) is 3. The van der Waals surface area contributed by atoms with E-state index in [4.69, 9.17) is 5.40 Å². The normalized spacial score (nSPS) is 15.1. The minimum Gasteiger partial charge on any atom is -0.351 e. The maximum atomic E-state index is 13.0. The summed E-state index contributed by atoms with van der Waals surface area (Å²) in [5.74, 6) is -15.0. The van der Waals surface area contributed by atoms with E-state index in [1.54, 1.807) is 0 Å². The minimum atomic E-state index is -5.79. The molecule has 0 aliphatic heterocycles. The summed E-state index contributed by atoms with van der Waals surface area (Å²) in [7, 11) is -3.25. The van der Waals surface area contributed by atoms with Crippen LogP contribution in [0.2, 0.25) is 18.1 Å². The van der Waals surface area contributed by atoms with Crippen molar-refractivity contribution < 1.29 is 65.9 Å². The number of rotatable bonds is 15. The lowest BCUT2D eigenvalue weighted by molar-refractivity contribution is -0.284. The molecule has 0 aromatic heterocycles. The van der Waals surface area contributed by atoms with Crippen LogP contribution in [-0.4, -0.2) is 44.5 Å². The largest absolute Gasteiger partial charge is 0.453 e. The number of hydrogen-bond donors (Lipinski definition) is 1. The molecule has 0 radical (unpaired) electrons. The van der Waals surface area contributed by atoms with Crippen molar-refractivity contribution in [2.24, 2.45) is 5.40 Å². The third-order valence-corrected chi connectivity index (χ3v) is 9.54. The van der Waals surface area contributed by atoms with Crippen LogP contribution in [0, 0.1) is 0 Å². The topological polar surface area (TPSA) is 26.0 Å². The molecule has 0 aliphatic carbocycles. The van der Waals surface area contributed by atoms with Gasteiger partial charge in [0.25, 0.3) is 0 Å². The first-order valence-electron chi connectivity index (χ1n) is 10.5. The molecule has 2 N–H and O–H groups in total. The SMILES string of the molecule is N[Si](CCCCC(F)(F)C(F)(F)F)(CCCCC(F)(F)C(F)(F)F)CCCCC(F)(F)C(F)(F)F. The van der Waals surface area contributed by atoms with Crippen molar-refractivity contribution in [3.05, 3.63) is 0 Å². The predicted molar refractivity (Wildman–Crippen MR) is 98.9 cm³/mol. The van der Waals surface area contributed by atoms with Crippen LogP contribution in [-0.2, 0) is 0 Å². The van der Waals surface area contributed by atoms with E-state index in [1.165, 1.54) is 0 Å². The molecule has 0 heterocycles. The number of nitrogens with two attached hydrogens (primary N) is 1. The summed E-state index contributed by atoms with van der Waals surface area (Å²) in [6.45, 7) is 0. The maximum absolute atomic E-state index is 13.0. The van der Waals surface area contributed by atoms with Crippen LogP contribution in [0.5, 0.6) is 0 Å². The summed E-state index contributed by atoms with van der Waals surface area (Å²) in [6, 6.07) is -0.565. The first-order valence-corrected chi connectivity index (χ1v) is 13.2. The Morgan fingerprint density at radius 2 is 0.571 bits per heavy atom. The average molecular weight is 569 g/mol. The summed E-state index contributed by atoms with van der Waals surface area (Å²) < 4.78 is 188. The Hall–Kier alpha value is -0.873. The Bertz CT molecular complexity index is 541. The minimum absolute atomic E-state index is 0.188. The molecule has 0 aromatic carbocycles. The van der Waals surface area contributed by atoms with E-state index in [2.05, 4.69) is 0 Å². The highest BCUT2D eigenvalue weighted by Crippen LogP contribution is 2.42. The van der Waals surface area contributed by atoms with E-state index >= 15 is 0 Å². The standard InChI is InChI=1S/C18H26F15NSi/c19-13(20,16(25,26)27)7-1-4-10-35(34,11-5-2-8-14(21,22)17(28,29)30)12-6-3-9-15(23,24)18(31,32)33/h1-12,34H2.